The van der Waals surface area contributed by atoms with Gasteiger partial charge in [0.1, 0.15) is 0 Å². The van der Waals surface area contributed by atoms with Gasteiger partial charge in [0.2, 0.25) is 10.0 Å². The zero-order chi connectivity index (χ0) is 17.3. The lowest BCUT2D eigenvalue weighted by Crippen LogP contribution is -2.30. The van der Waals surface area contributed by atoms with Crippen molar-refractivity contribution in [2.24, 2.45) is 0 Å². The van der Waals surface area contributed by atoms with Crippen molar-refractivity contribution in [3.63, 3.8) is 0 Å². The van der Waals surface area contributed by atoms with E-state index in [0.717, 1.165) is 0 Å². The molecular weight excluding hydrogens is 344 g/mol. The fourth-order valence-electron chi connectivity index (χ4n) is 1.40. The molecule has 0 spiro atoms. The van der Waals surface area contributed by atoms with Crippen LogP contribution in [-0.4, -0.2) is 40.0 Å². The number of carbonyl (C=O) groups excluding carboxylic acids is 2. The van der Waals surface area contributed by atoms with E-state index in [1.807, 2.05) is 0 Å². The number of terminal acetylenes is 1. The number of carbonyl (C=O) groups is 2. The zero-order valence-corrected chi connectivity index (χ0v) is 13.6. The molecule has 1 aromatic rings. The Kier molecular flexibility index (Phi) is 7.54. The minimum atomic E-state index is -3.73. The molecule has 0 aromatic heterocycles. The molecule has 9 heteroatoms. The molecular formula is C14H15ClN2O5S. The summed E-state index contributed by atoms with van der Waals surface area (Å²) >= 11 is 5.68. The number of benzene rings is 1. The highest BCUT2D eigenvalue weighted by atomic mass is 35.5. The van der Waals surface area contributed by atoms with Crippen LogP contribution in [0.3, 0.4) is 0 Å². The van der Waals surface area contributed by atoms with E-state index in [1.165, 1.54) is 24.3 Å². The van der Waals surface area contributed by atoms with Crippen LogP contribution in [0.2, 0.25) is 5.02 Å². The highest BCUT2D eigenvalue weighted by Gasteiger charge is 2.14. The van der Waals surface area contributed by atoms with Gasteiger partial charge in [-0.1, -0.05) is 17.5 Å². The average Bonchev–Trinajstić information content (AvgIpc) is 2.51. The Bertz CT molecular complexity index is 695. The monoisotopic (exact) mass is 358 g/mol. The molecule has 0 aliphatic heterocycles. The van der Waals surface area contributed by atoms with Crippen molar-refractivity contribution in [3.8, 4) is 12.3 Å². The Hall–Kier alpha value is -2.08. The second-order valence-electron chi connectivity index (χ2n) is 4.24. The van der Waals surface area contributed by atoms with Gasteiger partial charge in [-0.25, -0.2) is 13.1 Å². The largest absolute Gasteiger partial charge is 0.456 e. The number of nitrogens with one attached hydrogen (secondary N) is 2. The quantitative estimate of drug-likeness (QED) is 0.514. The summed E-state index contributed by atoms with van der Waals surface area (Å²) < 4.78 is 30.8. The fraction of sp³-hybridized carbons (Fsp3) is 0.286. The van der Waals surface area contributed by atoms with Gasteiger partial charge >= 0.3 is 5.97 Å². The summed E-state index contributed by atoms with van der Waals surface area (Å²) in [6.45, 7) is -0.586. The van der Waals surface area contributed by atoms with Gasteiger partial charge in [-0.2, -0.15) is 0 Å². The third kappa shape index (κ3) is 7.15. The van der Waals surface area contributed by atoms with E-state index in [-0.39, 0.29) is 24.4 Å². The summed E-state index contributed by atoms with van der Waals surface area (Å²) in [4.78, 5) is 22.6. The number of sulfonamides is 1. The zero-order valence-electron chi connectivity index (χ0n) is 12.0. The lowest BCUT2D eigenvalue weighted by molar-refractivity contribution is -0.148. The van der Waals surface area contributed by atoms with Crippen molar-refractivity contribution >= 4 is 33.5 Å². The van der Waals surface area contributed by atoms with Crippen LogP contribution in [0.25, 0.3) is 0 Å². The van der Waals surface area contributed by atoms with Gasteiger partial charge in [0.25, 0.3) is 5.91 Å². The van der Waals surface area contributed by atoms with Crippen molar-refractivity contribution in [2.45, 2.75) is 11.3 Å². The number of amides is 1. The second-order valence-corrected chi connectivity index (χ2v) is 6.45. The standard InChI is InChI=1S/C14H15ClN2O5S/c1-2-8-16-13(18)10-22-14(19)7-9-17-23(20,21)12-5-3-11(15)4-6-12/h1,3-6,17H,7-10H2,(H,16,18). The van der Waals surface area contributed by atoms with E-state index in [9.17, 15) is 18.0 Å². The van der Waals surface area contributed by atoms with Gasteiger partial charge in [0.05, 0.1) is 17.9 Å². The lowest BCUT2D eigenvalue weighted by atomic mass is 10.4. The maximum atomic E-state index is 11.9. The van der Waals surface area contributed by atoms with E-state index in [4.69, 9.17) is 18.0 Å². The highest BCUT2D eigenvalue weighted by Crippen LogP contribution is 2.13. The van der Waals surface area contributed by atoms with Crippen LogP contribution < -0.4 is 10.0 Å². The Balaban J connectivity index is 2.35. The molecule has 0 unspecified atom stereocenters. The second kappa shape index (κ2) is 9.15. The predicted molar refractivity (Wildman–Crippen MR) is 84.1 cm³/mol. The molecule has 0 radical (unpaired) electrons. The number of esters is 1. The molecule has 0 saturated carbocycles. The van der Waals surface area contributed by atoms with Crippen LogP contribution in [0.1, 0.15) is 6.42 Å². The molecule has 1 rings (SSSR count). The third-order valence-corrected chi connectivity index (χ3v) is 4.23. The molecule has 23 heavy (non-hydrogen) atoms. The maximum Gasteiger partial charge on any atom is 0.307 e. The number of halogens is 1. The van der Waals surface area contributed by atoms with Crippen molar-refractivity contribution in [1.82, 2.24) is 10.0 Å². The number of ether oxygens (including phenoxy) is 1. The molecule has 0 saturated heterocycles. The molecule has 0 fully saturated rings. The van der Waals surface area contributed by atoms with Crippen LogP contribution in [0.5, 0.6) is 0 Å². The maximum absolute atomic E-state index is 11.9. The van der Waals surface area contributed by atoms with Crippen molar-refractivity contribution < 1.29 is 22.7 Å². The fourth-order valence-corrected chi connectivity index (χ4v) is 2.56. The topological polar surface area (TPSA) is 102 Å². The lowest BCUT2D eigenvalue weighted by Gasteiger charge is -2.07. The van der Waals surface area contributed by atoms with Gasteiger partial charge in [0.15, 0.2) is 6.61 Å². The van der Waals surface area contributed by atoms with Crippen molar-refractivity contribution in [1.29, 1.82) is 0 Å². The number of rotatable bonds is 8. The molecule has 7 nitrogen and oxygen atoms in total. The third-order valence-electron chi connectivity index (χ3n) is 2.50. The summed E-state index contributed by atoms with van der Waals surface area (Å²) in [5, 5.41) is 2.73. The SMILES string of the molecule is C#CCNC(=O)COC(=O)CCNS(=O)(=O)c1ccc(Cl)cc1. The molecule has 0 heterocycles. The van der Waals surface area contributed by atoms with E-state index < -0.39 is 28.5 Å². The Morgan fingerprint density at radius 1 is 1.26 bits per heavy atom. The Morgan fingerprint density at radius 2 is 1.91 bits per heavy atom. The molecule has 2 N–H and O–H groups in total. The molecule has 0 atom stereocenters. The molecule has 1 amide bonds. The molecule has 0 aliphatic rings. The molecule has 0 aliphatic carbocycles. The van der Waals surface area contributed by atoms with E-state index in [0.29, 0.717) is 5.02 Å². The predicted octanol–water partition coefficient (Wildman–Crippen LogP) is 0.301. The van der Waals surface area contributed by atoms with E-state index in [1.54, 1.807) is 0 Å². The summed E-state index contributed by atoms with van der Waals surface area (Å²) in [5.41, 5.74) is 0. The normalized spacial score (nSPS) is 10.6. The van der Waals surface area contributed by atoms with E-state index >= 15 is 0 Å². The molecule has 124 valence electrons. The van der Waals surface area contributed by atoms with Crippen molar-refractivity contribution in [3.05, 3.63) is 29.3 Å². The first-order chi connectivity index (χ1) is 10.8. The van der Waals surface area contributed by atoms with E-state index in [2.05, 4.69) is 20.7 Å². The van der Waals surface area contributed by atoms with Crippen molar-refractivity contribution in [2.75, 3.05) is 19.7 Å². The first-order valence-electron chi connectivity index (χ1n) is 6.46. The Morgan fingerprint density at radius 3 is 2.52 bits per heavy atom. The van der Waals surface area contributed by atoms with Crippen LogP contribution in [0, 0.1) is 12.3 Å². The molecule has 0 bridgehead atoms. The van der Waals surface area contributed by atoms with Crippen LogP contribution >= 0.6 is 11.6 Å². The van der Waals surface area contributed by atoms with Gasteiger partial charge in [-0.3, -0.25) is 9.59 Å². The summed E-state index contributed by atoms with van der Waals surface area (Å²) in [7, 11) is -3.73. The Labute approximate surface area is 139 Å². The minimum Gasteiger partial charge on any atom is -0.456 e. The van der Waals surface area contributed by atoms with Crippen LogP contribution in [0.4, 0.5) is 0 Å². The summed E-state index contributed by atoms with van der Waals surface area (Å²) in [5.74, 6) is 0.961. The number of hydrogen-bond acceptors (Lipinski definition) is 5. The first kappa shape index (κ1) is 19.0. The van der Waals surface area contributed by atoms with Gasteiger partial charge < -0.3 is 10.1 Å². The average molecular weight is 359 g/mol. The first-order valence-corrected chi connectivity index (χ1v) is 8.32. The van der Waals surface area contributed by atoms with Gasteiger partial charge in [0, 0.05) is 11.6 Å². The molecule has 1 aromatic carbocycles. The summed E-state index contributed by atoms with van der Waals surface area (Å²) in [6, 6.07) is 5.58. The van der Waals surface area contributed by atoms with Crippen LogP contribution in [0.15, 0.2) is 29.2 Å². The van der Waals surface area contributed by atoms with Crippen LogP contribution in [-0.2, 0) is 24.3 Å². The van der Waals surface area contributed by atoms with Gasteiger partial charge in [-0.05, 0) is 24.3 Å². The highest BCUT2D eigenvalue weighted by molar-refractivity contribution is 7.89. The smallest absolute Gasteiger partial charge is 0.307 e. The van der Waals surface area contributed by atoms with Gasteiger partial charge in [-0.15, -0.1) is 6.42 Å². The summed E-state index contributed by atoms with van der Waals surface area (Å²) in [6.07, 6.45) is 4.74. The minimum absolute atomic E-state index is 0.0314. The number of hydrogen-bond donors (Lipinski definition) is 2.